The molecule has 0 aromatic rings. The molecule has 1 fully saturated rings. The summed E-state index contributed by atoms with van der Waals surface area (Å²) in [5.41, 5.74) is 0.330. The molecule has 0 aromatic carbocycles. The summed E-state index contributed by atoms with van der Waals surface area (Å²) in [7, 11) is 3.13. The number of ether oxygens (including phenoxy) is 3. The molecule has 0 radical (unpaired) electrons. The molecule has 0 amide bonds. The van der Waals surface area contributed by atoms with Gasteiger partial charge in [-0.15, -0.1) is 0 Å². The fourth-order valence-electron chi connectivity index (χ4n) is 3.34. The molecule has 0 atom stereocenters. The Bertz CT molecular complexity index is 264. The van der Waals surface area contributed by atoms with E-state index in [1.54, 1.807) is 14.2 Å². The van der Waals surface area contributed by atoms with Crippen molar-refractivity contribution in [2.45, 2.75) is 76.1 Å². The Morgan fingerprint density at radius 2 is 1.65 bits per heavy atom. The number of hydrogen-bond acceptors (Lipinski definition) is 4. The lowest BCUT2D eigenvalue weighted by molar-refractivity contribution is -0.0446. The summed E-state index contributed by atoms with van der Waals surface area (Å²) in [5, 5.41) is 3.69. The van der Waals surface area contributed by atoms with Crippen LogP contribution in [0.15, 0.2) is 0 Å². The highest BCUT2D eigenvalue weighted by Crippen LogP contribution is 2.30. The van der Waals surface area contributed by atoms with Gasteiger partial charge in [0.1, 0.15) is 5.91 Å². The van der Waals surface area contributed by atoms with E-state index in [1.807, 2.05) is 0 Å². The largest absolute Gasteiger partial charge is 0.378 e. The van der Waals surface area contributed by atoms with Crippen molar-refractivity contribution in [1.82, 2.24) is 5.32 Å². The van der Waals surface area contributed by atoms with Gasteiger partial charge in [-0.1, -0.05) is 6.04 Å². The number of nitrogens with one attached hydrogen (secondary N) is 1. The summed E-state index contributed by atoms with van der Waals surface area (Å²) >= 11 is 0. The van der Waals surface area contributed by atoms with E-state index >= 15 is 0 Å². The van der Waals surface area contributed by atoms with Gasteiger partial charge < -0.3 is 19.5 Å². The van der Waals surface area contributed by atoms with Gasteiger partial charge in [0.25, 0.3) is 0 Å². The standard InChI is InChI=1S/C15H33NO3Si/c1-14(2)10-12(11-15(3,4)16-14)19-8-7-9-20-13(17-5)18-6/h12-13,16H,7-11,20H2,1-6H3. The van der Waals surface area contributed by atoms with Crippen LogP contribution in [0.5, 0.6) is 0 Å². The molecule has 1 saturated heterocycles. The average Bonchev–Trinajstić information content (AvgIpc) is 2.30. The van der Waals surface area contributed by atoms with Crippen molar-refractivity contribution < 1.29 is 14.2 Å². The smallest absolute Gasteiger partial charge is 0.134 e. The summed E-state index contributed by atoms with van der Waals surface area (Å²) in [6.07, 6.45) is 3.68. The predicted molar refractivity (Wildman–Crippen MR) is 86.0 cm³/mol. The van der Waals surface area contributed by atoms with Gasteiger partial charge in [0, 0.05) is 31.9 Å². The zero-order valence-electron chi connectivity index (χ0n) is 14.1. The molecule has 0 spiro atoms. The molecular weight excluding hydrogens is 270 g/mol. The van der Waals surface area contributed by atoms with E-state index in [1.165, 1.54) is 6.04 Å². The van der Waals surface area contributed by atoms with E-state index < -0.39 is 0 Å². The van der Waals surface area contributed by atoms with Gasteiger partial charge in [-0.2, -0.15) is 0 Å². The molecule has 0 aromatic heterocycles. The second kappa shape index (κ2) is 7.89. The second-order valence-corrected chi connectivity index (χ2v) is 9.14. The van der Waals surface area contributed by atoms with Crippen LogP contribution >= 0.6 is 0 Å². The van der Waals surface area contributed by atoms with Crippen molar-refractivity contribution in [2.24, 2.45) is 0 Å². The summed E-state index contributed by atoms with van der Waals surface area (Å²) in [5.74, 6) is 0.0618. The molecule has 0 aliphatic carbocycles. The minimum Gasteiger partial charge on any atom is -0.378 e. The molecule has 1 rings (SSSR count). The molecule has 4 nitrogen and oxygen atoms in total. The molecule has 120 valence electrons. The third-order valence-corrected chi connectivity index (χ3v) is 5.91. The lowest BCUT2D eigenvalue weighted by Crippen LogP contribution is -2.59. The lowest BCUT2D eigenvalue weighted by Gasteiger charge is -2.46. The van der Waals surface area contributed by atoms with Crippen LogP contribution in [-0.2, 0) is 14.2 Å². The number of piperidine rings is 1. The minimum absolute atomic E-state index is 0.0618. The summed E-state index contributed by atoms with van der Waals surface area (Å²) < 4.78 is 16.6. The Morgan fingerprint density at radius 1 is 1.10 bits per heavy atom. The average molecular weight is 304 g/mol. The zero-order valence-corrected chi connectivity index (χ0v) is 15.5. The van der Waals surface area contributed by atoms with E-state index in [0.717, 1.165) is 25.9 Å². The molecular formula is C15H33NO3Si. The maximum atomic E-state index is 6.10. The Hall–Kier alpha value is 0.0569. The van der Waals surface area contributed by atoms with E-state index in [4.69, 9.17) is 14.2 Å². The van der Waals surface area contributed by atoms with Crippen LogP contribution < -0.4 is 5.32 Å². The molecule has 1 aliphatic heterocycles. The summed E-state index contributed by atoms with van der Waals surface area (Å²) in [4.78, 5) is 0. The van der Waals surface area contributed by atoms with Gasteiger partial charge in [0.15, 0.2) is 0 Å². The normalized spacial score (nSPS) is 22.9. The van der Waals surface area contributed by atoms with Gasteiger partial charge in [0.2, 0.25) is 0 Å². The fourth-order valence-corrected chi connectivity index (χ4v) is 4.64. The van der Waals surface area contributed by atoms with Crippen molar-refractivity contribution in [1.29, 1.82) is 0 Å². The molecule has 0 bridgehead atoms. The SMILES string of the molecule is COC(OC)[SiH2]CCCOC1CC(C)(C)NC(C)(C)C1. The first-order valence-corrected chi connectivity index (χ1v) is 9.56. The van der Waals surface area contributed by atoms with Gasteiger partial charge in [-0.3, -0.25) is 0 Å². The molecule has 0 saturated carbocycles. The first-order chi connectivity index (χ1) is 9.28. The van der Waals surface area contributed by atoms with Crippen LogP contribution in [0.25, 0.3) is 0 Å². The van der Waals surface area contributed by atoms with E-state index in [0.29, 0.717) is 6.10 Å². The Labute approximate surface area is 126 Å². The summed E-state index contributed by atoms with van der Waals surface area (Å²) in [6.45, 7) is 9.92. The second-order valence-electron chi connectivity index (χ2n) is 7.19. The van der Waals surface area contributed by atoms with Gasteiger partial charge in [0.05, 0.1) is 15.6 Å². The maximum absolute atomic E-state index is 6.10. The van der Waals surface area contributed by atoms with Crippen LogP contribution in [0, 0.1) is 0 Å². The molecule has 1 aliphatic rings. The number of hydrogen-bond donors (Lipinski definition) is 1. The Balaban J connectivity index is 2.21. The fraction of sp³-hybridized carbons (Fsp3) is 1.00. The monoisotopic (exact) mass is 303 g/mol. The Morgan fingerprint density at radius 3 is 2.15 bits per heavy atom. The van der Waals surface area contributed by atoms with Crippen LogP contribution in [0.1, 0.15) is 47.0 Å². The lowest BCUT2D eigenvalue weighted by atomic mass is 9.81. The van der Waals surface area contributed by atoms with Gasteiger partial charge >= 0.3 is 0 Å². The summed E-state index contributed by atoms with van der Waals surface area (Å²) in [6, 6.07) is 1.21. The first kappa shape index (κ1) is 18.1. The van der Waals surface area contributed by atoms with Crippen molar-refractivity contribution in [3.05, 3.63) is 0 Å². The molecule has 20 heavy (non-hydrogen) atoms. The van der Waals surface area contributed by atoms with Crippen molar-refractivity contribution in [3.8, 4) is 0 Å². The third kappa shape index (κ3) is 6.67. The quantitative estimate of drug-likeness (QED) is 0.422. The molecule has 5 heteroatoms. The highest BCUT2D eigenvalue weighted by molar-refractivity contribution is 6.36. The number of rotatable bonds is 8. The van der Waals surface area contributed by atoms with Crippen LogP contribution in [0.2, 0.25) is 6.04 Å². The molecule has 0 unspecified atom stereocenters. The third-order valence-electron chi connectivity index (χ3n) is 3.87. The van der Waals surface area contributed by atoms with Crippen LogP contribution in [0.3, 0.4) is 0 Å². The highest BCUT2D eigenvalue weighted by Gasteiger charge is 2.37. The minimum atomic E-state index is -0.305. The predicted octanol–water partition coefficient (Wildman–Crippen LogP) is 1.87. The van der Waals surface area contributed by atoms with E-state index in [-0.39, 0.29) is 26.5 Å². The first-order valence-electron chi connectivity index (χ1n) is 7.74. The van der Waals surface area contributed by atoms with Gasteiger partial charge in [-0.25, -0.2) is 0 Å². The zero-order chi connectivity index (χ0) is 15.2. The van der Waals surface area contributed by atoms with E-state index in [9.17, 15) is 0 Å². The van der Waals surface area contributed by atoms with Crippen LogP contribution in [0.4, 0.5) is 0 Å². The van der Waals surface area contributed by atoms with E-state index in [2.05, 4.69) is 33.0 Å². The van der Waals surface area contributed by atoms with Crippen molar-refractivity contribution in [2.75, 3.05) is 20.8 Å². The van der Waals surface area contributed by atoms with Gasteiger partial charge in [-0.05, 0) is 47.0 Å². The van der Waals surface area contributed by atoms with Crippen molar-refractivity contribution >= 4 is 9.52 Å². The van der Waals surface area contributed by atoms with Crippen LogP contribution in [-0.4, -0.2) is 53.4 Å². The highest BCUT2D eigenvalue weighted by atomic mass is 28.2. The molecule has 1 N–H and O–H groups in total. The molecule has 1 heterocycles. The topological polar surface area (TPSA) is 39.7 Å². The maximum Gasteiger partial charge on any atom is 0.134 e. The number of methoxy groups -OCH3 is 2. The Kier molecular flexibility index (Phi) is 7.15. The van der Waals surface area contributed by atoms with Crippen molar-refractivity contribution in [3.63, 3.8) is 0 Å².